The van der Waals surface area contributed by atoms with E-state index in [2.05, 4.69) is 30.5 Å². The minimum absolute atomic E-state index is 0.0162. The molecular weight excluding hydrogens is 268 g/mol. The number of hydrogen-bond donors (Lipinski definition) is 2. The van der Waals surface area contributed by atoms with E-state index in [9.17, 15) is 4.79 Å². The van der Waals surface area contributed by atoms with E-state index in [1.807, 2.05) is 29.6 Å². The maximum absolute atomic E-state index is 12.3. The van der Waals surface area contributed by atoms with Crippen molar-refractivity contribution < 1.29 is 4.79 Å². The lowest BCUT2D eigenvalue weighted by atomic mass is 10.1. The maximum Gasteiger partial charge on any atom is 0.266 e. The Labute approximate surface area is 124 Å². The second-order valence-corrected chi connectivity index (χ2v) is 5.48. The Hall–Kier alpha value is -1.65. The summed E-state index contributed by atoms with van der Waals surface area (Å²) >= 11 is 1.50. The first-order valence-electron chi connectivity index (χ1n) is 6.92. The van der Waals surface area contributed by atoms with E-state index in [1.54, 1.807) is 0 Å². The van der Waals surface area contributed by atoms with Gasteiger partial charge in [0.2, 0.25) is 0 Å². The zero-order valence-electron chi connectivity index (χ0n) is 11.9. The van der Waals surface area contributed by atoms with Crippen LogP contribution < -0.4 is 10.6 Å². The van der Waals surface area contributed by atoms with Crippen LogP contribution in [-0.4, -0.2) is 12.5 Å². The Morgan fingerprint density at radius 1 is 1.25 bits per heavy atom. The molecule has 20 heavy (non-hydrogen) atoms. The molecule has 0 aliphatic heterocycles. The van der Waals surface area contributed by atoms with Crippen molar-refractivity contribution in [1.82, 2.24) is 5.32 Å². The van der Waals surface area contributed by atoms with E-state index in [1.165, 1.54) is 16.9 Å². The van der Waals surface area contributed by atoms with Crippen LogP contribution in [0.25, 0.3) is 0 Å². The van der Waals surface area contributed by atoms with Crippen molar-refractivity contribution >= 4 is 22.9 Å². The average molecular weight is 288 g/mol. The van der Waals surface area contributed by atoms with Crippen LogP contribution in [0.3, 0.4) is 0 Å². The third-order valence-corrected chi connectivity index (χ3v) is 4.05. The molecule has 0 fully saturated rings. The van der Waals surface area contributed by atoms with Crippen LogP contribution in [0.15, 0.2) is 35.7 Å². The molecule has 0 aliphatic rings. The number of rotatable bonds is 6. The number of thiophene rings is 1. The topological polar surface area (TPSA) is 41.1 Å². The van der Waals surface area contributed by atoms with Crippen LogP contribution >= 0.6 is 11.3 Å². The summed E-state index contributed by atoms with van der Waals surface area (Å²) in [5.41, 5.74) is 3.13. The van der Waals surface area contributed by atoms with Crippen molar-refractivity contribution in [2.24, 2.45) is 0 Å². The van der Waals surface area contributed by atoms with Gasteiger partial charge in [-0.3, -0.25) is 4.79 Å². The van der Waals surface area contributed by atoms with Gasteiger partial charge in [0.1, 0.15) is 0 Å². The molecule has 0 atom stereocenters. The molecule has 4 heteroatoms. The van der Waals surface area contributed by atoms with Crippen LogP contribution in [0.1, 0.15) is 34.6 Å². The fourth-order valence-corrected chi connectivity index (χ4v) is 2.92. The fraction of sp³-hybridized carbons (Fsp3) is 0.312. The zero-order chi connectivity index (χ0) is 14.4. The van der Waals surface area contributed by atoms with Crippen molar-refractivity contribution in [2.75, 3.05) is 11.9 Å². The molecule has 2 rings (SSSR count). The third kappa shape index (κ3) is 3.68. The van der Waals surface area contributed by atoms with Gasteiger partial charge in [-0.15, -0.1) is 11.3 Å². The summed E-state index contributed by atoms with van der Waals surface area (Å²) in [5, 5.41) is 8.23. The van der Waals surface area contributed by atoms with Crippen molar-refractivity contribution in [1.29, 1.82) is 0 Å². The predicted molar refractivity (Wildman–Crippen MR) is 85.5 cm³/mol. The Morgan fingerprint density at radius 2 is 2.10 bits per heavy atom. The zero-order valence-corrected chi connectivity index (χ0v) is 12.7. The summed E-state index contributed by atoms with van der Waals surface area (Å²) in [6.45, 7) is 5.90. The molecule has 1 aromatic carbocycles. The first kappa shape index (κ1) is 14.8. The van der Waals surface area contributed by atoms with Gasteiger partial charge in [0.25, 0.3) is 5.91 Å². The summed E-state index contributed by atoms with van der Waals surface area (Å²) in [6.07, 6.45) is 0.882. The van der Waals surface area contributed by atoms with E-state index in [0.717, 1.165) is 35.6 Å². The molecule has 0 aliphatic carbocycles. The molecule has 3 nitrogen and oxygen atoms in total. The highest BCUT2D eigenvalue weighted by Gasteiger charge is 2.12. The molecule has 106 valence electrons. The molecule has 1 heterocycles. The smallest absolute Gasteiger partial charge is 0.266 e. The minimum atomic E-state index is -0.0162. The summed E-state index contributed by atoms with van der Waals surface area (Å²) in [5.74, 6) is -0.0162. The lowest BCUT2D eigenvalue weighted by molar-refractivity contribution is 0.103. The van der Waals surface area contributed by atoms with E-state index >= 15 is 0 Å². The lowest BCUT2D eigenvalue weighted by Crippen LogP contribution is -2.14. The van der Waals surface area contributed by atoms with Crippen molar-refractivity contribution in [3.8, 4) is 0 Å². The first-order chi connectivity index (χ1) is 9.74. The summed E-state index contributed by atoms with van der Waals surface area (Å²) in [7, 11) is 0. The van der Waals surface area contributed by atoms with Crippen LogP contribution in [0.4, 0.5) is 5.69 Å². The predicted octanol–water partition coefficient (Wildman–Crippen LogP) is 3.67. The number of hydrogen-bond acceptors (Lipinski definition) is 3. The highest BCUT2D eigenvalue weighted by Crippen LogP contribution is 2.19. The van der Waals surface area contributed by atoms with E-state index in [-0.39, 0.29) is 5.91 Å². The highest BCUT2D eigenvalue weighted by molar-refractivity contribution is 7.12. The number of carbonyl (C=O) groups is 1. The number of aryl methyl sites for hydroxylation is 1. The summed E-state index contributed by atoms with van der Waals surface area (Å²) in [4.78, 5) is 13.1. The number of nitrogens with one attached hydrogen (secondary N) is 2. The molecule has 1 aromatic heterocycles. The second kappa shape index (κ2) is 7.22. The largest absolute Gasteiger partial charge is 0.321 e. The molecule has 2 aromatic rings. The van der Waals surface area contributed by atoms with Gasteiger partial charge in [0.15, 0.2) is 0 Å². The fourth-order valence-electron chi connectivity index (χ4n) is 2.03. The molecule has 0 saturated heterocycles. The Balaban J connectivity index is 2.08. The Bertz CT molecular complexity index is 577. The maximum atomic E-state index is 12.3. The van der Waals surface area contributed by atoms with Crippen molar-refractivity contribution in [3.05, 3.63) is 51.7 Å². The van der Waals surface area contributed by atoms with Gasteiger partial charge in [-0.05, 0) is 47.7 Å². The molecule has 0 saturated carbocycles. The normalized spacial score (nSPS) is 10.5. The molecule has 1 amide bonds. The van der Waals surface area contributed by atoms with Crippen molar-refractivity contribution in [3.63, 3.8) is 0 Å². The van der Waals surface area contributed by atoms with Gasteiger partial charge in [-0.25, -0.2) is 0 Å². The number of benzene rings is 1. The molecule has 0 unspecified atom stereocenters. The van der Waals surface area contributed by atoms with Crippen LogP contribution in [-0.2, 0) is 13.0 Å². The number of anilines is 1. The first-order valence-corrected chi connectivity index (χ1v) is 7.80. The summed E-state index contributed by atoms with van der Waals surface area (Å²) < 4.78 is 0. The van der Waals surface area contributed by atoms with Gasteiger partial charge >= 0.3 is 0 Å². The highest BCUT2D eigenvalue weighted by atomic mass is 32.1. The minimum Gasteiger partial charge on any atom is -0.321 e. The Morgan fingerprint density at radius 3 is 2.85 bits per heavy atom. The molecule has 0 radical (unpaired) electrons. The van der Waals surface area contributed by atoms with Crippen LogP contribution in [0.2, 0.25) is 0 Å². The van der Waals surface area contributed by atoms with E-state index in [4.69, 9.17) is 0 Å². The quantitative estimate of drug-likeness (QED) is 0.851. The van der Waals surface area contributed by atoms with E-state index < -0.39 is 0 Å². The lowest BCUT2D eigenvalue weighted by Gasteiger charge is -2.08. The molecular formula is C16H20N2OS. The molecule has 2 N–H and O–H groups in total. The second-order valence-electron chi connectivity index (χ2n) is 4.56. The van der Waals surface area contributed by atoms with Crippen LogP contribution in [0, 0.1) is 0 Å². The van der Waals surface area contributed by atoms with Gasteiger partial charge in [-0.2, -0.15) is 0 Å². The van der Waals surface area contributed by atoms with Crippen molar-refractivity contribution in [2.45, 2.75) is 26.8 Å². The van der Waals surface area contributed by atoms with Gasteiger partial charge in [0, 0.05) is 12.2 Å². The SMILES string of the molecule is CCNCc1cccc(NC(=O)c2sccc2CC)c1. The number of carbonyl (C=O) groups excluding carboxylic acids is 1. The van der Waals surface area contributed by atoms with Gasteiger partial charge in [0.05, 0.1) is 4.88 Å². The van der Waals surface area contributed by atoms with Crippen LogP contribution in [0.5, 0.6) is 0 Å². The standard InChI is InChI=1S/C16H20N2OS/c1-3-13-8-9-20-15(13)16(19)18-14-7-5-6-12(10-14)11-17-4-2/h5-10,17H,3-4,11H2,1-2H3,(H,18,19). The van der Waals surface area contributed by atoms with E-state index in [0.29, 0.717) is 0 Å². The number of amides is 1. The monoisotopic (exact) mass is 288 g/mol. The van der Waals surface area contributed by atoms with Gasteiger partial charge in [-0.1, -0.05) is 26.0 Å². The summed E-state index contributed by atoms with van der Waals surface area (Å²) in [6, 6.07) is 9.98. The van der Waals surface area contributed by atoms with Gasteiger partial charge < -0.3 is 10.6 Å². The molecule has 0 bridgehead atoms. The third-order valence-electron chi connectivity index (χ3n) is 3.10. The average Bonchev–Trinajstić information content (AvgIpc) is 2.94. The molecule has 0 spiro atoms. The Kier molecular flexibility index (Phi) is 5.32.